The van der Waals surface area contributed by atoms with Gasteiger partial charge in [0.05, 0.1) is 0 Å². The molecule has 0 bridgehead atoms. The molecule has 0 spiro atoms. The van der Waals surface area contributed by atoms with Crippen LogP contribution in [0.25, 0.3) is 0 Å². The number of alkyl carbamates (subject to hydrolysis) is 1. The Hall–Kier alpha value is -3.55. The molecule has 0 atom stereocenters. The standard InChI is InChI=1S/C26H35N3O5/c1-25(2,3)33-23(31)27-15-14-18-10-12-20(13-11-18)22(30)28-17-19-8-7-9-21(16-19)29-24(32)34-26(4,5)6/h7-13,16H,14-15,17H2,1-6H3,(H,27,31)(H,28,30)(H,29,32). The summed E-state index contributed by atoms with van der Waals surface area (Å²) in [5.74, 6) is -0.205. The van der Waals surface area contributed by atoms with Gasteiger partial charge in [0.25, 0.3) is 5.91 Å². The van der Waals surface area contributed by atoms with E-state index in [9.17, 15) is 14.4 Å². The molecular weight excluding hydrogens is 434 g/mol. The zero-order valence-corrected chi connectivity index (χ0v) is 20.8. The fourth-order valence-corrected chi connectivity index (χ4v) is 2.91. The number of amides is 3. The van der Waals surface area contributed by atoms with Gasteiger partial charge in [0.15, 0.2) is 0 Å². The van der Waals surface area contributed by atoms with Crippen LogP contribution in [0.5, 0.6) is 0 Å². The predicted octanol–water partition coefficient (Wildman–Crippen LogP) is 5.03. The Balaban J connectivity index is 1.82. The van der Waals surface area contributed by atoms with E-state index in [-0.39, 0.29) is 5.91 Å². The highest BCUT2D eigenvalue weighted by molar-refractivity contribution is 5.94. The Morgan fingerprint density at radius 2 is 1.38 bits per heavy atom. The number of carbonyl (C=O) groups is 3. The molecule has 3 N–H and O–H groups in total. The summed E-state index contributed by atoms with van der Waals surface area (Å²) in [4.78, 5) is 36.1. The van der Waals surface area contributed by atoms with Gasteiger partial charge in [-0.15, -0.1) is 0 Å². The summed E-state index contributed by atoms with van der Waals surface area (Å²) in [6.45, 7) is 11.6. The number of hydrogen-bond acceptors (Lipinski definition) is 5. The summed E-state index contributed by atoms with van der Waals surface area (Å²) in [7, 11) is 0. The zero-order chi connectivity index (χ0) is 25.4. The van der Waals surface area contributed by atoms with Gasteiger partial charge in [-0.05, 0) is 83.4 Å². The molecule has 2 rings (SSSR count). The van der Waals surface area contributed by atoms with E-state index in [0.29, 0.717) is 30.8 Å². The summed E-state index contributed by atoms with van der Waals surface area (Å²) in [5.41, 5.74) is 1.84. The third-order valence-electron chi connectivity index (χ3n) is 4.32. The van der Waals surface area contributed by atoms with E-state index in [0.717, 1.165) is 11.1 Å². The highest BCUT2D eigenvalue weighted by Crippen LogP contribution is 2.14. The van der Waals surface area contributed by atoms with Gasteiger partial charge in [0.2, 0.25) is 0 Å². The van der Waals surface area contributed by atoms with Gasteiger partial charge in [0.1, 0.15) is 11.2 Å². The maximum absolute atomic E-state index is 12.5. The first kappa shape index (κ1) is 26.7. The van der Waals surface area contributed by atoms with Crippen LogP contribution in [0, 0.1) is 0 Å². The van der Waals surface area contributed by atoms with Gasteiger partial charge in [-0.3, -0.25) is 10.1 Å². The molecule has 184 valence electrons. The third-order valence-corrected chi connectivity index (χ3v) is 4.32. The minimum absolute atomic E-state index is 0.205. The molecule has 0 saturated carbocycles. The molecule has 8 heteroatoms. The van der Waals surface area contributed by atoms with Crippen molar-refractivity contribution in [3.8, 4) is 0 Å². The van der Waals surface area contributed by atoms with Crippen LogP contribution in [0.3, 0.4) is 0 Å². The number of ether oxygens (including phenoxy) is 2. The largest absolute Gasteiger partial charge is 0.444 e. The fourth-order valence-electron chi connectivity index (χ4n) is 2.91. The summed E-state index contributed by atoms with van der Waals surface area (Å²) in [6.07, 6.45) is -0.359. The molecule has 0 aliphatic heterocycles. The first-order valence-electron chi connectivity index (χ1n) is 11.2. The Bertz CT molecular complexity index is 989. The molecule has 0 aliphatic carbocycles. The molecule has 2 aromatic carbocycles. The Morgan fingerprint density at radius 1 is 0.765 bits per heavy atom. The van der Waals surface area contributed by atoms with E-state index < -0.39 is 23.4 Å². The Kier molecular flexibility index (Phi) is 9.06. The molecule has 0 saturated heterocycles. The van der Waals surface area contributed by atoms with E-state index in [1.807, 2.05) is 39.0 Å². The molecule has 0 aromatic heterocycles. The first-order chi connectivity index (χ1) is 15.8. The number of anilines is 1. The molecule has 0 unspecified atom stereocenters. The summed E-state index contributed by atoms with van der Waals surface area (Å²) < 4.78 is 10.5. The topological polar surface area (TPSA) is 106 Å². The lowest BCUT2D eigenvalue weighted by atomic mass is 10.1. The summed E-state index contributed by atoms with van der Waals surface area (Å²) in [6, 6.07) is 14.4. The number of nitrogens with one attached hydrogen (secondary N) is 3. The van der Waals surface area contributed by atoms with Crippen LogP contribution in [0.1, 0.15) is 63.0 Å². The monoisotopic (exact) mass is 469 g/mol. The van der Waals surface area contributed by atoms with Crippen molar-refractivity contribution in [2.24, 2.45) is 0 Å². The van der Waals surface area contributed by atoms with Crippen LogP contribution in [-0.4, -0.2) is 35.8 Å². The molecular formula is C26H35N3O5. The van der Waals surface area contributed by atoms with Crippen molar-refractivity contribution in [1.29, 1.82) is 0 Å². The van der Waals surface area contributed by atoms with Gasteiger partial charge in [-0.2, -0.15) is 0 Å². The van der Waals surface area contributed by atoms with Crippen molar-refractivity contribution in [3.05, 3.63) is 65.2 Å². The molecule has 2 aromatic rings. The molecule has 3 amide bonds. The van der Waals surface area contributed by atoms with Crippen LogP contribution in [-0.2, 0) is 22.4 Å². The van der Waals surface area contributed by atoms with Gasteiger partial charge >= 0.3 is 12.2 Å². The predicted molar refractivity (Wildman–Crippen MR) is 132 cm³/mol. The maximum atomic E-state index is 12.5. The van der Waals surface area contributed by atoms with Crippen molar-refractivity contribution >= 4 is 23.8 Å². The lowest BCUT2D eigenvalue weighted by Crippen LogP contribution is -2.33. The minimum atomic E-state index is -0.584. The minimum Gasteiger partial charge on any atom is -0.444 e. The van der Waals surface area contributed by atoms with Gasteiger partial charge in [-0.25, -0.2) is 9.59 Å². The van der Waals surface area contributed by atoms with Crippen LogP contribution < -0.4 is 16.0 Å². The first-order valence-corrected chi connectivity index (χ1v) is 11.2. The highest BCUT2D eigenvalue weighted by Gasteiger charge is 2.17. The van der Waals surface area contributed by atoms with Crippen molar-refractivity contribution in [3.63, 3.8) is 0 Å². The smallest absolute Gasteiger partial charge is 0.412 e. The number of rotatable bonds is 7. The fraction of sp³-hybridized carbons (Fsp3) is 0.423. The van der Waals surface area contributed by atoms with Gasteiger partial charge < -0.3 is 20.1 Å². The molecule has 8 nitrogen and oxygen atoms in total. The van der Waals surface area contributed by atoms with Crippen molar-refractivity contribution in [1.82, 2.24) is 10.6 Å². The average Bonchev–Trinajstić information content (AvgIpc) is 2.70. The van der Waals surface area contributed by atoms with Gasteiger partial charge in [-0.1, -0.05) is 24.3 Å². The van der Waals surface area contributed by atoms with E-state index in [1.165, 1.54) is 0 Å². The highest BCUT2D eigenvalue weighted by atomic mass is 16.6. The molecule has 0 aliphatic rings. The van der Waals surface area contributed by atoms with E-state index in [1.54, 1.807) is 51.1 Å². The Labute approximate surface area is 201 Å². The quantitative estimate of drug-likeness (QED) is 0.527. The average molecular weight is 470 g/mol. The molecule has 0 fully saturated rings. The number of carbonyl (C=O) groups excluding carboxylic acids is 3. The van der Waals surface area contributed by atoms with Crippen molar-refractivity contribution in [2.45, 2.75) is 65.7 Å². The lowest BCUT2D eigenvalue weighted by Gasteiger charge is -2.19. The summed E-state index contributed by atoms with van der Waals surface area (Å²) in [5, 5.41) is 8.28. The van der Waals surface area contributed by atoms with Crippen LogP contribution >= 0.6 is 0 Å². The van der Waals surface area contributed by atoms with Crippen LogP contribution in [0.2, 0.25) is 0 Å². The molecule has 34 heavy (non-hydrogen) atoms. The number of hydrogen-bond donors (Lipinski definition) is 3. The van der Waals surface area contributed by atoms with Crippen molar-refractivity contribution in [2.75, 3.05) is 11.9 Å². The second-order valence-electron chi connectivity index (χ2n) is 9.89. The SMILES string of the molecule is CC(C)(C)OC(=O)NCCc1ccc(C(=O)NCc2cccc(NC(=O)OC(C)(C)C)c2)cc1. The second kappa shape index (κ2) is 11.5. The van der Waals surface area contributed by atoms with Crippen LogP contribution in [0.4, 0.5) is 15.3 Å². The molecule has 0 radical (unpaired) electrons. The Morgan fingerprint density at radius 3 is 2.00 bits per heavy atom. The zero-order valence-electron chi connectivity index (χ0n) is 20.8. The maximum Gasteiger partial charge on any atom is 0.412 e. The summed E-state index contributed by atoms with van der Waals surface area (Å²) >= 11 is 0. The lowest BCUT2D eigenvalue weighted by molar-refractivity contribution is 0.0527. The normalized spacial score (nSPS) is 11.4. The van der Waals surface area contributed by atoms with E-state index in [2.05, 4.69) is 16.0 Å². The van der Waals surface area contributed by atoms with E-state index in [4.69, 9.17) is 9.47 Å². The van der Waals surface area contributed by atoms with Crippen molar-refractivity contribution < 1.29 is 23.9 Å². The number of benzene rings is 2. The van der Waals surface area contributed by atoms with Gasteiger partial charge in [0, 0.05) is 24.3 Å². The van der Waals surface area contributed by atoms with Crippen LogP contribution in [0.15, 0.2) is 48.5 Å². The molecule has 0 heterocycles. The van der Waals surface area contributed by atoms with E-state index >= 15 is 0 Å². The second-order valence-corrected chi connectivity index (χ2v) is 9.89. The third kappa shape index (κ3) is 10.4.